The number of carbonyl (C=O) groups is 1. The molecular formula is C18H28O3. The molecule has 118 valence electrons. The predicted octanol–water partition coefficient (Wildman–Crippen LogP) is 4.31. The highest BCUT2D eigenvalue weighted by molar-refractivity contribution is 5.67. The topological polar surface area (TPSA) is 57.5 Å². The Morgan fingerprint density at radius 3 is 2.00 bits per heavy atom. The van der Waals surface area contributed by atoms with E-state index >= 15 is 0 Å². The standard InChI is InChI=1S/C18H28O3/c1-11-12(8-9-14(19)20)10-13(17(2,3)4)16(21)15(11)18(5,6)7/h10,21H,8-9H2,1-7H3,(H,19,20). The van der Waals surface area contributed by atoms with Gasteiger partial charge in [0, 0.05) is 12.0 Å². The smallest absolute Gasteiger partial charge is 0.303 e. The van der Waals surface area contributed by atoms with Crippen molar-refractivity contribution in [1.29, 1.82) is 0 Å². The van der Waals surface area contributed by atoms with Crippen LogP contribution in [0.15, 0.2) is 6.07 Å². The van der Waals surface area contributed by atoms with E-state index in [9.17, 15) is 9.90 Å². The summed E-state index contributed by atoms with van der Waals surface area (Å²) in [4.78, 5) is 10.9. The minimum absolute atomic E-state index is 0.110. The number of phenolic OH excluding ortho intramolecular Hbond substituents is 1. The average Bonchev–Trinajstić information content (AvgIpc) is 2.23. The second-order valence-corrected chi connectivity index (χ2v) is 7.83. The van der Waals surface area contributed by atoms with Crippen LogP contribution in [0.5, 0.6) is 5.75 Å². The molecule has 0 spiro atoms. The second kappa shape index (κ2) is 5.70. The van der Waals surface area contributed by atoms with E-state index in [4.69, 9.17) is 5.11 Å². The summed E-state index contributed by atoms with van der Waals surface area (Å²) in [5.74, 6) is -0.441. The monoisotopic (exact) mass is 292 g/mol. The molecule has 3 heteroatoms. The lowest BCUT2D eigenvalue weighted by Gasteiger charge is -2.30. The Morgan fingerprint density at radius 1 is 1.10 bits per heavy atom. The fraction of sp³-hybridized carbons (Fsp3) is 0.611. The van der Waals surface area contributed by atoms with Gasteiger partial charge in [0.2, 0.25) is 0 Å². The van der Waals surface area contributed by atoms with Crippen LogP contribution in [0.3, 0.4) is 0 Å². The van der Waals surface area contributed by atoms with Gasteiger partial charge < -0.3 is 10.2 Å². The van der Waals surface area contributed by atoms with E-state index in [2.05, 4.69) is 41.5 Å². The van der Waals surface area contributed by atoms with Crippen LogP contribution in [0, 0.1) is 6.92 Å². The molecule has 1 rings (SSSR count). The average molecular weight is 292 g/mol. The molecule has 0 saturated carbocycles. The first-order valence-electron chi connectivity index (χ1n) is 7.44. The highest BCUT2D eigenvalue weighted by atomic mass is 16.4. The first-order valence-corrected chi connectivity index (χ1v) is 7.44. The van der Waals surface area contributed by atoms with Crippen LogP contribution in [0.25, 0.3) is 0 Å². The third kappa shape index (κ3) is 3.99. The first kappa shape index (κ1) is 17.5. The van der Waals surface area contributed by atoms with Crippen molar-refractivity contribution >= 4 is 5.97 Å². The van der Waals surface area contributed by atoms with Gasteiger partial charge >= 0.3 is 5.97 Å². The zero-order valence-corrected chi connectivity index (χ0v) is 14.3. The number of hydrogen-bond donors (Lipinski definition) is 2. The van der Waals surface area contributed by atoms with Gasteiger partial charge in [0.15, 0.2) is 0 Å². The van der Waals surface area contributed by atoms with E-state index in [0.29, 0.717) is 12.2 Å². The molecule has 0 saturated heterocycles. The summed E-state index contributed by atoms with van der Waals surface area (Å²) in [5.41, 5.74) is 3.47. The lowest BCUT2D eigenvalue weighted by Crippen LogP contribution is -2.20. The highest BCUT2D eigenvalue weighted by Gasteiger charge is 2.28. The Hall–Kier alpha value is -1.51. The number of aromatic hydroxyl groups is 1. The Morgan fingerprint density at radius 2 is 1.62 bits per heavy atom. The molecule has 21 heavy (non-hydrogen) atoms. The fourth-order valence-electron chi connectivity index (χ4n) is 2.81. The molecule has 0 unspecified atom stereocenters. The van der Waals surface area contributed by atoms with Crippen molar-refractivity contribution in [2.45, 2.75) is 72.1 Å². The summed E-state index contributed by atoms with van der Waals surface area (Å²) in [6.07, 6.45) is 0.604. The molecule has 0 amide bonds. The van der Waals surface area contributed by atoms with Crippen molar-refractivity contribution in [3.8, 4) is 5.75 Å². The maximum absolute atomic E-state index is 10.9. The summed E-state index contributed by atoms with van der Waals surface area (Å²) in [7, 11) is 0. The fourth-order valence-corrected chi connectivity index (χ4v) is 2.81. The summed E-state index contributed by atoms with van der Waals surface area (Å²) in [5, 5.41) is 19.7. The molecule has 1 aromatic carbocycles. The molecule has 0 fully saturated rings. The minimum atomic E-state index is -0.794. The maximum atomic E-state index is 10.9. The van der Waals surface area contributed by atoms with Gasteiger partial charge in [-0.25, -0.2) is 0 Å². The van der Waals surface area contributed by atoms with Crippen LogP contribution >= 0.6 is 0 Å². The Kier molecular flexibility index (Phi) is 4.76. The van der Waals surface area contributed by atoms with Crippen LogP contribution in [0.2, 0.25) is 0 Å². The lowest BCUT2D eigenvalue weighted by atomic mass is 9.75. The molecule has 1 aromatic rings. The van der Waals surface area contributed by atoms with Crippen LogP contribution in [-0.2, 0) is 22.0 Å². The normalized spacial score (nSPS) is 12.5. The SMILES string of the molecule is Cc1c(CCC(=O)O)cc(C(C)(C)C)c(O)c1C(C)(C)C. The van der Waals surface area contributed by atoms with Crippen LogP contribution in [0.1, 0.15) is 70.2 Å². The van der Waals surface area contributed by atoms with E-state index < -0.39 is 5.97 Å². The summed E-state index contributed by atoms with van der Waals surface area (Å²) < 4.78 is 0. The van der Waals surface area contributed by atoms with Crippen molar-refractivity contribution in [1.82, 2.24) is 0 Å². The third-order valence-corrected chi connectivity index (χ3v) is 3.83. The number of aliphatic carboxylic acids is 1. The van der Waals surface area contributed by atoms with Crippen molar-refractivity contribution in [2.24, 2.45) is 0 Å². The van der Waals surface area contributed by atoms with E-state index in [0.717, 1.165) is 22.3 Å². The van der Waals surface area contributed by atoms with Gasteiger partial charge in [-0.1, -0.05) is 47.6 Å². The van der Waals surface area contributed by atoms with Crippen molar-refractivity contribution in [2.75, 3.05) is 0 Å². The molecule has 3 nitrogen and oxygen atoms in total. The number of carboxylic acid groups (broad SMARTS) is 1. The van der Waals surface area contributed by atoms with E-state index in [1.54, 1.807) is 0 Å². The number of carboxylic acids is 1. The Bertz CT molecular complexity index is 543. The van der Waals surface area contributed by atoms with Crippen LogP contribution in [-0.4, -0.2) is 16.2 Å². The quantitative estimate of drug-likeness (QED) is 0.872. The molecular weight excluding hydrogens is 264 g/mol. The zero-order chi connectivity index (χ0) is 16.6. The largest absolute Gasteiger partial charge is 0.507 e. The number of hydrogen-bond acceptors (Lipinski definition) is 2. The predicted molar refractivity (Wildman–Crippen MR) is 86.2 cm³/mol. The molecule has 0 aromatic heterocycles. The molecule has 0 bridgehead atoms. The summed E-state index contributed by atoms with van der Waals surface area (Å²) in [6, 6.07) is 1.98. The van der Waals surface area contributed by atoms with Gasteiger partial charge in [0.25, 0.3) is 0 Å². The van der Waals surface area contributed by atoms with Gasteiger partial charge in [-0.3, -0.25) is 4.79 Å². The summed E-state index contributed by atoms with van der Waals surface area (Å²) >= 11 is 0. The van der Waals surface area contributed by atoms with Crippen molar-refractivity contribution in [3.63, 3.8) is 0 Å². The van der Waals surface area contributed by atoms with Gasteiger partial charge in [0.05, 0.1) is 0 Å². The van der Waals surface area contributed by atoms with Gasteiger partial charge in [0.1, 0.15) is 5.75 Å². The number of phenols is 1. The van der Waals surface area contributed by atoms with E-state index in [1.807, 2.05) is 13.0 Å². The number of benzene rings is 1. The van der Waals surface area contributed by atoms with Crippen molar-refractivity contribution in [3.05, 3.63) is 28.3 Å². The molecule has 0 aliphatic rings. The summed E-state index contributed by atoms with van der Waals surface area (Å²) in [6.45, 7) is 14.4. The lowest BCUT2D eigenvalue weighted by molar-refractivity contribution is -0.136. The van der Waals surface area contributed by atoms with Gasteiger partial charge in [-0.15, -0.1) is 0 Å². The minimum Gasteiger partial charge on any atom is -0.507 e. The first-order chi connectivity index (χ1) is 9.35. The molecule has 0 atom stereocenters. The highest BCUT2D eigenvalue weighted by Crippen LogP contribution is 2.42. The van der Waals surface area contributed by atoms with Crippen LogP contribution in [0.4, 0.5) is 0 Å². The molecule has 0 aliphatic carbocycles. The molecule has 0 radical (unpaired) electrons. The molecule has 0 heterocycles. The molecule has 0 aliphatic heterocycles. The number of rotatable bonds is 3. The zero-order valence-electron chi connectivity index (χ0n) is 14.3. The maximum Gasteiger partial charge on any atom is 0.303 e. The van der Waals surface area contributed by atoms with Gasteiger partial charge in [-0.05, 0) is 40.9 Å². The second-order valence-electron chi connectivity index (χ2n) is 7.83. The molecule has 2 N–H and O–H groups in total. The van der Waals surface area contributed by atoms with E-state index in [1.165, 1.54) is 0 Å². The Labute approximate surface area is 128 Å². The van der Waals surface area contributed by atoms with Gasteiger partial charge in [-0.2, -0.15) is 0 Å². The third-order valence-electron chi connectivity index (χ3n) is 3.83. The van der Waals surface area contributed by atoms with E-state index in [-0.39, 0.29) is 17.3 Å². The Balaban J connectivity index is 3.56. The van der Waals surface area contributed by atoms with Crippen LogP contribution < -0.4 is 0 Å². The number of aryl methyl sites for hydroxylation is 1. The van der Waals surface area contributed by atoms with Crippen molar-refractivity contribution < 1.29 is 15.0 Å².